The molecule has 0 aliphatic carbocycles. The van der Waals surface area contributed by atoms with Gasteiger partial charge >= 0.3 is 5.97 Å². The number of esters is 1. The summed E-state index contributed by atoms with van der Waals surface area (Å²) in [6, 6.07) is 4.19. The van der Waals surface area contributed by atoms with E-state index in [0.29, 0.717) is 25.4 Å². The summed E-state index contributed by atoms with van der Waals surface area (Å²) in [6.07, 6.45) is 0.268. The van der Waals surface area contributed by atoms with Crippen molar-refractivity contribution < 1.29 is 9.53 Å². The molecule has 6 heteroatoms. The number of nitrogens with one attached hydrogen (secondary N) is 2. The smallest absolute Gasteiger partial charge is 0.307 e. The zero-order chi connectivity index (χ0) is 16.4. The minimum atomic E-state index is -0.190. The van der Waals surface area contributed by atoms with Crippen molar-refractivity contribution in [1.29, 1.82) is 0 Å². The first-order valence-corrected chi connectivity index (χ1v) is 8.66. The van der Waals surface area contributed by atoms with E-state index in [1.165, 1.54) is 4.88 Å². The van der Waals surface area contributed by atoms with Gasteiger partial charge in [0.25, 0.3) is 0 Å². The summed E-state index contributed by atoms with van der Waals surface area (Å²) < 4.78 is 5.10. The number of rotatable bonds is 8. The third-order valence-corrected chi connectivity index (χ3v) is 3.99. The number of guanidine groups is 1. The van der Waals surface area contributed by atoms with Crippen LogP contribution in [0.2, 0.25) is 0 Å². The van der Waals surface area contributed by atoms with Crippen molar-refractivity contribution in [3.63, 3.8) is 0 Å². The SMILES string of the molecule is CCNC(=NCC(C)c1cccs1)NCCC(=O)OC(C)C. The zero-order valence-electron chi connectivity index (χ0n) is 13.9. The van der Waals surface area contributed by atoms with Gasteiger partial charge in [-0.05, 0) is 32.2 Å². The maximum absolute atomic E-state index is 11.5. The Morgan fingerprint density at radius 2 is 2.14 bits per heavy atom. The largest absolute Gasteiger partial charge is 0.463 e. The van der Waals surface area contributed by atoms with E-state index in [1.54, 1.807) is 11.3 Å². The number of ether oxygens (including phenoxy) is 1. The van der Waals surface area contributed by atoms with Crippen molar-refractivity contribution in [3.05, 3.63) is 22.4 Å². The summed E-state index contributed by atoms with van der Waals surface area (Å²) in [4.78, 5) is 17.4. The van der Waals surface area contributed by atoms with Gasteiger partial charge in [0.1, 0.15) is 0 Å². The fourth-order valence-electron chi connectivity index (χ4n) is 1.84. The van der Waals surface area contributed by atoms with Crippen LogP contribution in [0.4, 0.5) is 0 Å². The topological polar surface area (TPSA) is 62.7 Å². The van der Waals surface area contributed by atoms with Gasteiger partial charge in [-0.2, -0.15) is 0 Å². The quantitative estimate of drug-likeness (QED) is 0.438. The van der Waals surface area contributed by atoms with Gasteiger partial charge in [0.15, 0.2) is 5.96 Å². The minimum absolute atomic E-state index is 0.0685. The van der Waals surface area contributed by atoms with Gasteiger partial charge < -0.3 is 15.4 Å². The van der Waals surface area contributed by atoms with E-state index < -0.39 is 0 Å². The Kier molecular flexibility index (Phi) is 8.58. The number of hydrogen-bond donors (Lipinski definition) is 2. The minimum Gasteiger partial charge on any atom is -0.463 e. The average Bonchev–Trinajstić information content (AvgIpc) is 2.97. The molecule has 1 aromatic rings. The van der Waals surface area contributed by atoms with Crippen molar-refractivity contribution in [3.8, 4) is 0 Å². The Morgan fingerprint density at radius 3 is 2.73 bits per heavy atom. The van der Waals surface area contributed by atoms with Crippen LogP contribution < -0.4 is 10.6 Å². The molecule has 0 saturated heterocycles. The molecule has 0 amide bonds. The van der Waals surface area contributed by atoms with E-state index in [0.717, 1.165) is 12.5 Å². The molecule has 1 rings (SSSR count). The Morgan fingerprint density at radius 1 is 1.36 bits per heavy atom. The van der Waals surface area contributed by atoms with Crippen LogP contribution in [0.3, 0.4) is 0 Å². The first-order chi connectivity index (χ1) is 10.5. The van der Waals surface area contributed by atoms with Crippen LogP contribution in [0, 0.1) is 0 Å². The molecule has 0 aromatic carbocycles. The lowest BCUT2D eigenvalue weighted by Crippen LogP contribution is -2.38. The summed E-state index contributed by atoms with van der Waals surface area (Å²) in [5.74, 6) is 0.940. The Balaban J connectivity index is 2.40. The standard InChI is InChI=1S/C16H27N3O2S/c1-5-17-16(18-9-8-15(20)21-12(2)3)19-11-13(4)14-7-6-10-22-14/h6-7,10,12-13H,5,8-9,11H2,1-4H3,(H2,17,18,19). The van der Waals surface area contributed by atoms with E-state index in [4.69, 9.17) is 4.74 Å². The highest BCUT2D eigenvalue weighted by molar-refractivity contribution is 7.10. The van der Waals surface area contributed by atoms with E-state index >= 15 is 0 Å². The van der Waals surface area contributed by atoms with Crippen LogP contribution in [0.1, 0.15) is 44.9 Å². The summed E-state index contributed by atoms with van der Waals surface area (Å²) in [6.45, 7) is 9.91. The first kappa shape index (κ1) is 18.5. The van der Waals surface area contributed by atoms with Crippen molar-refractivity contribution in [1.82, 2.24) is 10.6 Å². The van der Waals surface area contributed by atoms with Crippen LogP contribution in [0.25, 0.3) is 0 Å². The third-order valence-electron chi connectivity index (χ3n) is 2.89. The average molecular weight is 325 g/mol. The predicted molar refractivity (Wildman–Crippen MR) is 92.6 cm³/mol. The van der Waals surface area contributed by atoms with Crippen LogP contribution in [0.15, 0.2) is 22.5 Å². The lowest BCUT2D eigenvalue weighted by molar-refractivity contribution is -0.147. The van der Waals surface area contributed by atoms with Crippen LogP contribution in [-0.2, 0) is 9.53 Å². The second-order valence-electron chi connectivity index (χ2n) is 5.35. The molecular weight excluding hydrogens is 298 g/mol. The molecule has 1 unspecified atom stereocenters. The maximum atomic E-state index is 11.5. The van der Waals surface area contributed by atoms with E-state index in [1.807, 2.05) is 20.8 Å². The number of aliphatic imine (C=N–C) groups is 1. The van der Waals surface area contributed by atoms with Crippen molar-refractivity contribution in [2.24, 2.45) is 4.99 Å². The Bertz CT molecular complexity index is 458. The highest BCUT2D eigenvalue weighted by Crippen LogP contribution is 2.20. The molecule has 0 aliphatic rings. The van der Waals surface area contributed by atoms with Crippen LogP contribution in [0.5, 0.6) is 0 Å². The Hall–Kier alpha value is -1.56. The first-order valence-electron chi connectivity index (χ1n) is 7.78. The molecule has 0 fully saturated rings. The fourth-order valence-corrected chi connectivity index (χ4v) is 2.61. The van der Waals surface area contributed by atoms with Gasteiger partial charge in [0, 0.05) is 23.9 Å². The second-order valence-corrected chi connectivity index (χ2v) is 6.33. The van der Waals surface area contributed by atoms with Gasteiger partial charge in [-0.25, -0.2) is 0 Å². The molecule has 0 radical (unpaired) electrons. The number of carbonyl (C=O) groups excluding carboxylic acids is 1. The molecule has 0 aliphatic heterocycles. The van der Waals surface area contributed by atoms with Crippen molar-refractivity contribution in [2.45, 2.75) is 46.1 Å². The molecule has 1 atom stereocenters. The lowest BCUT2D eigenvalue weighted by Gasteiger charge is -2.13. The predicted octanol–water partition coefficient (Wildman–Crippen LogP) is 2.75. The highest BCUT2D eigenvalue weighted by atomic mass is 32.1. The van der Waals surface area contributed by atoms with Crippen LogP contribution in [-0.4, -0.2) is 37.7 Å². The molecule has 124 valence electrons. The van der Waals surface area contributed by atoms with Gasteiger partial charge in [-0.3, -0.25) is 9.79 Å². The summed E-state index contributed by atoms with van der Waals surface area (Å²) in [7, 11) is 0. The number of nitrogens with zero attached hydrogens (tertiary/aromatic N) is 1. The molecular formula is C16H27N3O2S. The number of hydrogen-bond acceptors (Lipinski definition) is 4. The normalized spacial score (nSPS) is 13.0. The zero-order valence-corrected chi connectivity index (χ0v) is 14.7. The van der Waals surface area contributed by atoms with Crippen molar-refractivity contribution in [2.75, 3.05) is 19.6 Å². The molecule has 2 N–H and O–H groups in total. The molecule has 5 nitrogen and oxygen atoms in total. The van der Waals surface area contributed by atoms with Gasteiger partial charge in [-0.15, -0.1) is 11.3 Å². The summed E-state index contributed by atoms with van der Waals surface area (Å²) >= 11 is 1.75. The Labute approximate surface area is 137 Å². The molecule has 0 bridgehead atoms. The van der Waals surface area contributed by atoms with Gasteiger partial charge in [0.05, 0.1) is 19.1 Å². The second kappa shape index (κ2) is 10.2. The third kappa shape index (κ3) is 7.45. The number of carbonyl (C=O) groups is 1. The van der Waals surface area contributed by atoms with E-state index in [2.05, 4.69) is 40.1 Å². The van der Waals surface area contributed by atoms with E-state index in [9.17, 15) is 4.79 Å². The molecule has 22 heavy (non-hydrogen) atoms. The fraction of sp³-hybridized carbons (Fsp3) is 0.625. The molecule has 0 spiro atoms. The monoisotopic (exact) mass is 325 g/mol. The maximum Gasteiger partial charge on any atom is 0.307 e. The van der Waals surface area contributed by atoms with Gasteiger partial charge in [0.2, 0.25) is 0 Å². The number of thiophene rings is 1. The highest BCUT2D eigenvalue weighted by Gasteiger charge is 2.08. The van der Waals surface area contributed by atoms with E-state index in [-0.39, 0.29) is 12.1 Å². The van der Waals surface area contributed by atoms with Crippen LogP contribution >= 0.6 is 11.3 Å². The van der Waals surface area contributed by atoms with Gasteiger partial charge in [-0.1, -0.05) is 13.0 Å². The molecule has 1 heterocycles. The molecule has 0 saturated carbocycles. The lowest BCUT2D eigenvalue weighted by atomic mass is 10.1. The summed E-state index contributed by atoms with van der Waals surface area (Å²) in [5, 5.41) is 8.44. The summed E-state index contributed by atoms with van der Waals surface area (Å²) in [5.41, 5.74) is 0. The molecule has 1 aromatic heterocycles. The van der Waals surface area contributed by atoms with Crippen molar-refractivity contribution >= 4 is 23.3 Å².